The third-order valence-electron chi connectivity index (χ3n) is 7.74. The number of carboxylic acid groups (broad SMARTS) is 1. The lowest BCUT2D eigenvalue weighted by molar-refractivity contribution is -0.144. The molecule has 228 valence electrons. The average Bonchev–Trinajstić information content (AvgIpc) is 3.02. The number of ether oxygens (including phenoxy) is 1. The van der Waals surface area contributed by atoms with Crippen LogP contribution in [0.3, 0.4) is 0 Å². The Bertz CT molecular complexity index is 1560. The van der Waals surface area contributed by atoms with Crippen LogP contribution in [0.15, 0.2) is 103 Å². The van der Waals surface area contributed by atoms with Crippen LogP contribution in [-0.2, 0) is 29.0 Å². The van der Waals surface area contributed by atoms with E-state index in [1.807, 2.05) is 92.7 Å². The summed E-state index contributed by atoms with van der Waals surface area (Å²) in [6.45, 7) is 6.26. The van der Waals surface area contributed by atoms with Crippen LogP contribution in [0.5, 0.6) is 5.75 Å². The van der Waals surface area contributed by atoms with Gasteiger partial charge >= 0.3 is 5.97 Å². The summed E-state index contributed by atoms with van der Waals surface area (Å²) in [5, 5.41) is 10.2. The Kier molecular flexibility index (Phi) is 10.6. The molecule has 7 heteroatoms. The van der Waals surface area contributed by atoms with E-state index >= 15 is 0 Å². The van der Waals surface area contributed by atoms with Crippen molar-refractivity contribution in [2.24, 2.45) is 5.73 Å². The van der Waals surface area contributed by atoms with E-state index in [2.05, 4.69) is 19.1 Å². The lowest BCUT2D eigenvalue weighted by atomic mass is 9.89. The highest BCUT2D eigenvalue weighted by atomic mass is 16.5. The molecular weight excluding hydrogens is 552 g/mol. The molecule has 1 atom stereocenters. The van der Waals surface area contributed by atoms with Crippen molar-refractivity contribution >= 4 is 17.8 Å². The maximum absolute atomic E-state index is 14.0. The van der Waals surface area contributed by atoms with E-state index in [0.717, 1.165) is 34.4 Å². The molecule has 3 N–H and O–H groups in total. The van der Waals surface area contributed by atoms with Crippen molar-refractivity contribution in [2.75, 3.05) is 0 Å². The molecule has 44 heavy (non-hydrogen) atoms. The highest BCUT2D eigenvalue weighted by Crippen LogP contribution is 2.29. The van der Waals surface area contributed by atoms with Crippen LogP contribution in [0.4, 0.5) is 0 Å². The molecule has 0 bridgehead atoms. The van der Waals surface area contributed by atoms with Crippen molar-refractivity contribution < 1.29 is 24.2 Å². The minimum absolute atomic E-state index is 0.0766. The highest BCUT2D eigenvalue weighted by molar-refractivity contribution is 5.97. The number of aliphatic carboxylic acids is 1. The lowest BCUT2D eigenvalue weighted by Gasteiger charge is -2.42. The Morgan fingerprint density at radius 3 is 2.02 bits per heavy atom. The first kappa shape index (κ1) is 32.0. The van der Waals surface area contributed by atoms with Crippen molar-refractivity contribution in [3.05, 3.63) is 125 Å². The van der Waals surface area contributed by atoms with Crippen LogP contribution >= 0.6 is 0 Å². The van der Waals surface area contributed by atoms with Gasteiger partial charge in [0.2, 0.25) is 5.91 Å². The molecule has 0 aliphatic heterocycles. The fourth-order valence-electron chi connectivity index (χ4n) is 5.42. The molecule has 0 aliphatic carbocycles. The summed E-state index contributed by atoms with van der Waals surface area (Å²) >= 11 is 0. The first-order valence-electron chi connectivity index (χ1n) is 14.9. The van der Waals surface area contributed by atoms with Gasteiger partial charge in [-0.05, 0) is 85.2 Å². The summed E-state index contributed by atoms with van der Waals surface area (Å²) in [5.74, 6) is -1.37. The summed E-state index contributed by atoms with van der Waals surface area (Å²) in [6.07, 6.45) is 1.16. The fraction of sp³-hybridized carbons (Fsp3) is 0.270. The van der Waals surface area contributed by atoms with Gasteiger partial charge in [-0.2, -0.15) is 0 Å². The van der Waals surface area contributed by atoms with Crippen molar-refractivity contribution in [1.29, 1.82) is 0 Å². The van der Waals surface area contributed by atoms with Gasteiger partial charge in [0, 0.05) is 17.5 Å². The number of hydrogen-bond acceptors (Lipinski definition) is 4. The number of hydrogen-bond donors (Lipinski definition) is 2. The number of carbonyl (C=O) groups excluding carboxylic acids is 2. The Hall–Kier alpha value is -4.91. The van der Waals surface area contributed by atoms with Gasteiger partial charge in [0.25, 0.3) is 5.91 Å². The minimum Gasteiger partial charge on any atom is -0.489 e. The summed E-state index contributed by atoms with van der Waals surface area (Å²) < 4.78 is 5.97. The van der Waals surface area contributed by atoms with Crippen molar-refractivity contribution in [3.63, 3.8) is 0 Å². The average molecular weight is 593 g/mol. The van der Waals surface area contributed by atoms with Crippen molar-refractivity contribution in [3.8, 4) is 16.9 Å². The van der Waals surface area contributed by atoms with E-state index in [4.69, 9.17) is 10.5 Å². The number of rotatable bonds is 14. The van der Waals surface area contributed by atoms with Gasteiger partial charge in [-0.3, -0.25) is 9.59 Å². The van der Waals surface area contributed by atoms with E-state index < -0.39 is 29.4 Å². The first-order valence-corrected chi connectivity index (χ1v) is 14.9. The number of carboxylic acids is 1. The molecule has 0 fully saturated rings. The molecule has 0 radical (unpaired) electrons. The standard InChI is InChI=1S/C37H40N2O5/c1-4-26-11-8-12-32(23-26)44-25-28-13-15-29(16-14-28)30-17-19-31(20-18-30)35(41)39(33(36(42)43)21-22-34(38)40)37(2,3)24-27-9-6-5-7-10-27/h5-20,23,33H,4,21-22,24-25H2,1-3H3,(H2,38,40)(H,42,43)/t33-/m0/s1. The number of carbonyl (C=O) groups is 3. The second-order valence-corrected chi connectivity index (χ2v) is 11.6. The quantitative estimate of drug-likeness (QED) is 0.170. The predicted octanol–water partition coefficient (Wildman–Crippen LogP) is 6.68. The highest BCUT2D eigenvalue weighted by Gasteiger charge is 2.40. The minimum atomic E-state index is -1.23. The molecule has 0 saturated carbocycles. The number of aryl methyl sites for hydroxylation is 1. The summed E-state index contributed by atoms with van der Waals surface area (Å²) in [5.41, 5.74) is 9.96. The molecule has 0 heterocycles. The van der Waals surface area contributed by atoms with Crippen LogP contribution in [0.2, 0.25) is 0 Å². The topological polar surface area (TPSA) is 110 Å². The maximum Gasteiger partial charge on any atom is 0.326 e. The number of primary amides is 1. The van der Waals surface area contributed by atoms with E-state index in [9.17, 15) is 19.5 Å². The number of nitrogens with zero attached hydrogens (tertiary/aromatic N) is 1. The Morgan fingerprint density at radius 2 is 1.43 bits per heavy atom. The lowest BCUT2D eigenvalue weighted by Crippen LogP contribution is -2.57. The number of benzene rings is 4. The van der Waals surface area contributed by atoms with Gasteiger partial charge in [0.15, 0.2) is 0 Å². The summed E-state index contributed by atoms with van der Waals surface area (Å²) in [7, 11) is 0. The molecular formula is C37H40N2O5. The van der Waals surface area contributed by atoms with Crippen LogP contribution in [0.1, 0.15) is 60.7 Å². The summed E-state index contributed by atoms with van der Waals surface area (Å²) in [4.78, 5) is 39.4. The fourth-order valence-corrected chi connectivity index (χ4v) is 5.42. The Labute approximate surface area is 259 Å². The zero-order valence-corrected chi connectivity index (χ0v) is 25.5. The van der Waals surface area contributed by atoms with Gasteiger partial charge in [-0.15, -0.1) is 0 Å². The van der Waals surface area contributed by atoms with Crippen LogP contribution in [-0.4, -0.2) is 39.4 Å². The van der Waals surface area contributed by atoms with Gasteiger partial charge < -0.3 is 20.5 Å². The van der Waals surface area contributed by atoms with Crippen LogP contribution in [0.25, 0.3) is 11.1 Å². The van der Waals surface area contributed by atoms with Gasteiger partial charge in [0.05, 0.1) is 0 Å². The van der Waals surface area contributed by atoms with Crippen molar-refractivity contribution in [2.45, 2.75) is 64.6 Å². The predicted molar refractivity (Wildman–Crippen MR) is 172 cm³/mol. The van der Waals surface area contributed by atoms with E-state index in [1.165, 1.54) is 10.5 Å². The number of amides is 2. The molecule has 0 aromatic heterocycles. The smallest absolute Gasteiger partial charge is 0.326 e. The van der Waals surface area contributed by atoms with E-state index in [-0.39, 0.29) is 12.8 Å². The molecule has 2 amide bonds. The SMILES string of the molecule is CCc1cccc(OCc2ccc(-c3ccc(C(=O)N([C@@H](CCC(N)=O)C(=O)O)C(C)(C)Cc4ccccc4)cc3)cc2)c1. The normalized spacial score (nSPS) is 11.9. The third kappa shape index (κ3) is 8.34. The second-order valence-electron chi connectivity index (χ2n) is 11.6. The van der Waals surface area contributed by atoms with Gasteiger partial charge in [0.1, 0.15) is 18.4 Å². The van der Waals surface area contributed by atoms with Crippen molar-refractivity contribution in [1.82, 2.24) is 4.90 Å². The van der Waals surface area contributed by atoms with Crippen LogP contribution < -0.4 is 10.5 Å². The molecule has 7 nitrogen and oxygen atoms in total. The van der Waals surface area contributed by atoms with Gasteiger partial charge in [-0.1, -0.05) is 85.8 Å². The molecule has 4 rings (SSSR count). The molecule has 4 aromatic carbocycles. The largest absolute Gasteiger partial charge is 0.489 e. The molecule has 4 aromatic rings. The summed E-state index contributed by atoms with van der Waals surface area (Å²) in [6, 6.07) is 31.7. The number of nitrogens with two attached hydrogens (primary N) is 1. The third-order valence-corrected chi connectivity index (χ3v) is 7.74. The Morgan fingerprint density at radius 1 is 0.818 bits per heavy atom. The van der Waals surface area contributed by atoms with Gasteiger partial charge in [-0.25, -0.2) is 4.79 Å². The molecule has 0 spiro atoms. The van der Waals surface area contributed by atoms with E-state index in [1.54, 1.807) is 12.1 Å². The molecule has 0 aliphatic rings. The maximum atomic E-state index is 14.0. The second kappa shape index (κ2) is 14.5. The molecule has 0 unspecified atom stereocenters. The zero-order valence-electron chi connectivity index (χ0n) is 25.5. The Balaban J connectivity index is 1.53. The van der Waals surface area contributed by atoms with E-state index in [0.29, 0.717) is 18.6 Å². The molecule has 0 saturated heterocycles. The zero-order chi connectivity index (χ0) is 31.7. The first-order chi connectivity index (χ1) is 21.1. The van der Waals surface area contributed by atoms with Crippen LogP contribution in [0, 0.1) is 0 Å². The monoisotopic (exact) mass is 592 g/mol.